The fraction of sp³-hybridized carbons (Fsp3) is 0.176. The molecule has 0 saturated heterocycles. The van der Waals surface area contributed by atoms with Crippen LogP contribution in [0.15, 0.2) is 48.5 Å². The monoisotopic (exact) mass is 332 g/mol. The van der Waals surface area contributed by atoms with Gasteiger partial charge in [0.15, 0.2) is 5.11 Å². The number of amides is 1. The van der Waals surface area contributed by atoms with Crippen LogP contribution in [0.2, 0.25) is 0 Å². The predicted octanol–water partition coefficient (Wildman–Crippen LogP) is 3.74. The summed E-state index contributed by atoms with van der Waals surface area (Å²) < 4.78 is 18.4. The molecule has 0 aliphatic rings. The smallest absolute Gasteiger partial charge is 0.257 e. The molecule has 0 fully saturated rings. The van der Waals surface area contributed by atoms with Crippen molar-refractivity contribution in [2.45, 2.75) is 20.0 Å². The van der Waals surface area contributed by atoms with E-state index in [2.05, 4.69) is 10.6 Å². The van der Waals surface area contributed by atoms with Gasteiger partial charge in [-0.3, -0.25) is 10.1 Å². The van der Waals surface area contributed by atoms with E-state index in [9.17, 15) is 9.18 Å². The quantitative estimate of drug-likeness (QED) is 0.838. The van der Waals surface area contributed by atoms with Gasteiger partial charge in [0.25, 0.3) is 5.91 Å². The minimum absolute atomic E-state index is 0.0652. The Morgan fingerprint density at radius 1 is 1.17 bits per heavy atom. The fourth-order valence-corrected chi connectivity index (χ4v) is 2.07. The summed E-state index contributed by atoms with van der Waals surface area (Å²) in [6.07, 6.45) is 0.0652. The minimum atomic E-state index is -0.405. The van der Waals surface area contributed by atoms with Crippen molar-refractivity contribution in [3.63, 3.8) is 0 Å². The van der Waals surface area contributed by atoms with Crippen LogP contribution in [0.1, 0.15) is 24.2 Å². The molecule has 2 rings (SSSR count). The lowest BCUT2D eigenvalue weighted by atomic mass is 10.2. The Bertz CT molecular complexity index is 702. The Morgan fingerprint density at radius 2 is 1.87 bits per heavy atom. The van der Waals surface area contributed by atoms with Gasteiger partial charge in [-0.25, -0.2) is 4.39 Å². The van der Waals surface area contributed by atoms with Crippen LogP contribution >= 0.6 is 12.2 Å². The summed E-state index contributed by atoms with van der Waals surface area (Å²) >= 11 is 5.11. The molecule has 0 heterocycles. The van der Waals surface area contributed by atoms with Crippen LogP contribution in [-0.2, 0) is 0 Å². The van der Waals surface area contributed by atoms with Gasteiger partial charge < -0.3 is 10.1 Å². The Hall–Kier alpha value is -2.47. The Labute approximate surface area is 139 Å². The predicted molar refractivity (Wildman–Crippen MR) is 92.3 cm³/mol. The number of benzene rings is 2. The third-order valence-electron chi connectivity index (χ3n) is 2.80. The Balaban J connectivity index is 1.96. The van der Waals surface area contributed by atoms with Crippen LogP contribution in [0.4, 0.5) is 10.1 Å². The van der Waals surface area contributed by atoms with Crippen LogP contribution in [-0.4, -0.2) is 17.1 Å². The summed E-state index contributed by atoms with van der Waals surface area (Å²) in [5.41, 5.74) is 1.03. The molecule has 120 valence electrons. The van der Waals surface area contributed by atoms with E-state index in [4.69, 9.17) is 17.0 Å². The second-order valence-electron chi connectivity index (χ2n) is 5.11. The van der Waals surface area contributed by atoms with Crippen LogP contribution in [0.3, 0.4) is 0 Å². The molecule has 2 aromatic carbocycles. The number of hydrogen-bond donors (Lipinski definition) is 2. The number of rotatable bonds is 4. The Kier molecular flexibility index (Phi) is 5.65. The highest BCUT2D eigenvalue weighted by Crippen LogP contribution is 2.18. The van der Waals surface area contributed by atoms with Gasteiger partial charge in [0.2, 0.25) is 0 Å². The first-order valence-corrected chi connectivity index (χ1v) is 7.49. The zero-order valence-corrected chi connectivity index (χ0v) is 13.6. The maximum absolute atomic E-state index is 12.8. The third kappa shape index (κ3) is 5.34. The summed E-state index contributed by atoms with van der Waals surface area (Å²) in [4.78, 5) is 12.0. The van der Waals surface area contributed by atoms with E-state index >= 15 is 0 Å². The molecular formula is C17H17FN2O2S. The highest BCUT2D eigenvalue weighted by Gasteiger charge is 2.08. The van der Waals surface area contributed by atoms with Crippen molar-refractivity contribution in [1.29, 1.82) is 0 Å². The summed E-state index contributed by atoms with van der Waals surface area (Å²) in [5, 5.41) is 5.61. The van der Waals surface area contributed by atoms with Crippen molar-refractivity contribution in [3.8, 4) is 5.75 Å². The van der Waals surface area contributed by atoms with Crippen LogP contribution in [0.25, 0.3) is 0 Å². The molecule has 0 aromatic heterocycles. The summed E-state index contributed by atoms with van der Waals surface area (Å²) in [6, 6.07) is 12.5. The minimum Gasteiger partial charge on any atom is -0.491 e. The number of ether oxygens (including phenoxy) is 1. The van der Waals surface area contributed by atoms with E-state index in [0.29, 0.717) is 17.0 Å². The molecule has 0 aliphatic carbocycles. The first-order chi connectivity index (χ1) is 10.9. The SMILES string of the molecule is CC(C)Oc1cccc(NC(=S)NC(=O)c2ccc(F)cc2)c1. The highest BCUT2D eigenvalue weighted by atomic mass is 32.1. The molecule has 0 unspecified atom stereocenters. The van der Waals surface area contributed by atoms with Crippen LogP contribution in [0.5, 0.6) is 5.75 Å². The van der Waals surface area contributed by atoms with Gasteiger partial charge in [0.1, 0.15) is 11.6 Å². The number of hydrogen-bond acceptors (Lipinski definition) is 3. The van der Waals surface area contributed by atoms with E-state index in [1.165, 1.54) is 24.3 Å². The summed E-state index contributed by atoms with van der Waals surface area (Å²) in [7, 11) is 0. The average molecular weight is 332 g/mol. The van der Waals surface area contributed by atoms with E-state index in [1.54, 1.807) is 6.07 Å². The molecule has 0 saturated carbocycles. The van der Waals surface area contributed by atoms with Crippen LogP contribution in [0, 0.1) is 5.82 Å². The lowest BCUT2D eigenvalue weighted by molar-refractivity contribution is 0.0977. The normalized spacial score (nSPS) is 10.3. The second kappa shape index (κ2) is 7.69. The van der Waals surface area contributed by atoms with Gasteiger partial charge in [-0.15, -0.1) is 0 Å². The molecule has 0 spiro atoms. The number of anilines is 1. The van der Waals surface area contributed by atoms with Crippen LogP contribution < -0.4 is 15.4 Å². The van der Waals surface area contributed by atoms with E-state index in [0.717, 1.165) is 0 Å². The van der Waals surface area contributed by atoms with Crippen molar-refractivity contribution in [3.05, 3.63) is 59.9 Å². The van der Waals surface area contributed by atoms with E-state index in [-0.39, 0.29) is 11.2 Å². The maximum Gasteiger partial charge on any atom is 0.257 e. The molecular weight excluding hydrogens is 315 g/mol. The molecule has 23 heavy (non-hydrogen) atoms. The van der Waals surface area contributed by atoms with Gasteiger partial charge in [0.05, 0.1) is 6.10 Å². The molecule has 0 aliphatic heterocycles. The largest absolute Gasteiger partial charge is 0.491 e. The molecule has 0 atom stereocenters. The van der Waals surface area contributed by atoms with E-state index < -0.39 is 11.7 Å². The lowest BCUT2D eigenvalue weighted by Gasteiger charge is -2.13. The zero-order chi connectivity index (χ0) is 16.8. The molecule has 2 aromatic rings. The van der Waals surface area contributed by atoms with Crippen molar-refractivity contribution in [2.75, 3.05) is 5.32 Å². The maximum atomic E-state index is 12.8. The number of carbonyl (C=O) groups excluding carboxylic acids is 1. The lowest BCUT2D eigenvalue weighted by Crippen LogP contribution is -2.34. The molecule has 1 amide bonds. The first-order valence-electron chi connectivity index (χ1n) is 7.08. The molecule has 2 N–H and O–H groups in total. The van der Waals surface area contributed by atoms with Gasteiger partial charge in [-0.2, -0.15) is 0 Å². The standard InChI is InChI=1S/C17H17FN2O2S/c1-11(2)22-15-5-3-4-14(10-15)19-17(23)20-16(21)12-6-8-13(18)9-7-12/h3-11H,1-2H3,(H2,19,20,21,23). The van der Waals surface area contributed by atoms with Gasteiger partial charge in [-0.1, -0.05) is 6.07 Å². The van der Waals surface area contributed by atoms with Crippen molar-refractivity contribution in [2.24, 2.45) is 0 Å². The van der Waals surface area contributed by atoms with Crippen molar-refractivity contribution >= 4 is 28.9 Å². The molecule has 6 heteroatoms. The Morgan fingerprint density at radius 3 is 2.52 bits per heavy atom. The molecule has 4 nitrogen and oxygen atoms in total. The van der Waals surface area contributed by atoms with Gasteiger partial charge in [-0.05, 0) is 62.5 Å². The average Bonchev–Trinajstić information content (AvgIpc) is 2.47. The third-order valence-corrected chi connectivity index (χ3v) is 3.00. The van der Waals surface area contributed by atoms with Crippen molar-refractivity contribution < 1.29 is 13.9 Å². The first kappa shape index (κ1) is 16.9. The topological polar surface area (TPSA) is 50.4 Å². The number of halogens is 1. The second-order valence-corrected chi connectivity index (χ2v) is 5.52. The molecule has 0 radical (unpaired) electrons. The number of thiocarbonyl (C=S) groups is 1. The zero-order valence-electron chi connectivity index (χ0n) is 12.8. The number of carbonyl (C=O) groups is 1. The summed E-state index contributed by atoms with van der Waals surface area (Å²) in [5.74, 6) is -0.0982. The highest BCUT2D eigenvalue weighted by molar-refractivity contribution is 7.80. The van der Waals surface area contributed by atoms with Gasteiger partial charge in [0, 0.05) is 17.3 Å². The van der Waals surface area contributed by atoms with Crippen molar-refractivity contribution in [1.82, 2.24) is 5.32 Å². The molecule has 0 bridgehead atoms. The van der Waals surface area contributed by atoms with E-state index in [1.807, 2.05) is 32.0 Å². The van der Waals surface area contributed by atoms with Gasteiger partial charge >= 0.3 is 0 Å². The fourth-order valence-electron chi connectivity index (χ4n) is 1.86. The summed E-state index contributed by atoms with van der Waals surface area (Å²) in [6.45, 7) is 3.88. The number of nitrogens with one attached hydrogen (secondary N) is 2.